The van der Waals surface area contributed by atoms with Crippen molar-refractivity contribution in [1.29, 1.82) is 0 Å². The van der Waals surface area contributed by atoms with Crippen LogP contribution in [-0.2, 0) is 4.43 Å². The summed E-state index contributed by atoms with van der Waals surface area (Å²) in [5.74, 6) is 0.806. The summed E-state index contributed by atoms with van der Waals surface area (Å²) in [4.78, 5) is 0. The van der Waals surface area contributed by atoms with Gasteiger partial charge in [-0.15, -0.1) is 0 Å². The molecule has 0 radical (unpaired) electrons. The molecule has 80 valence electrons. The Balaban J connectivity index is 3.73. The van der Waals surface area contributed by atoms with Crippen molar-refractivity contribution in [2.45, 2.75) is 53.6 Å². The van der Waals surface area contributed by atoms with Gasteiger partial charge in [-0.2, -0.15) is 0 Å². The SMILES string of the molecule is CCC(CCO[SiH](C)C)C(C)(C)C. The van der Waals surface area contributed by atoms with Gasteiger partial charge in [0.05, 0.1) is 0 Å². The molecule has 1 unspecified atom stereocenters. The zero-order chi connectivity index (χ0) is 10.5. The van der Waals surface area contributed by atoms with Gasteiger partial charge in [0.25, 0.3) is 0 Å². The lowest BCUT2D eigenvalue weighted by molar-refractivity contribution is 0.179. The molecule has 0 fully saturated rings. The molecule has 0 heterocycles. The Morgan fingerprint density at radius 1 is 1.23 bits per heavy atom. The molecule has 0 rings (SSSR count). The molecule has 1 nitrogen and oxygen atoms in total. The second-order valence-electron chi connectivity index (χ2n) is 5.18. The average molecular weight is 202 g/mol. The van der Waals surface area contributed by atoms with Gasteiger partial charge < -0.3 is 4.43 Å². The molecule has 0 aromatic carbocycles. The Morgan fingerprint density at radius 2 is 1.77 bits per heavy atom. The highest BCUT2D eigenvalue weighted by Gasteiger charge is 2.22. The molecule has 0 aromatic rings. The smallest absolute Gasteiger partial charge is 0.170 e. The van der Waals surface area contributed by atoms with E-state index < -0.39 is 9.04 Å². The number of hydrogen-bond donors (Lipinski definition) is 0. The predicted molar refractivity (Wildman–Crippen MR) is 62.7 cm³/mol. The van der Waals surface area contributed by atoms with Crippen LogP contribution in [0.1, 0.15) is 40.5 Å². The van der Waals surface area contributed by atoms with E-state index in [4.69, 9.17) is 4.43 Å². The Bertz CT molecular complexity index is 127. The highest BCUT2D eigenvalue weighted by atomic mass is 28.3. The zero-order valence-electron chi connectivity index (χ0n) is 10.2. The van der Waals surface area contributed by atoms with E-state index in [1.165, 1.54) is 12.8 Å². The van der Waals surface area contributed by atoms with Crippen LogP contribution in [0.2, 0.25) is 13.1 Å². The van der Waals surface area contributed by atoms with Crippen LogP contribution in [0.5, 0.6) is 0 Å². The molecular weight excluding hydrogens is 176 g/mol. The van der Waals surface area contributed by atoms with E-state index in [1.807, 2.05) is 0 Å². The van der Waals surface area contributed by atoms with Crippen molar-refractivity contribution in [2.24, 2.45) is 11.3 Å². The first-order chi connectivity index (χ1) is 5.88. The van der Waals surface area contributed by atoms with E-state index in [9.17, 15) is 0 Å². The lowest BCUT2D eigenvalue weighted by atomic mass is 9.77. The third kappa shape index (κ3) is 6.27. The van der Waals surface area contributed by atoms with Gasteiger partial charge in [0.15, 0.2) is 9.04 Å². The van der Waals surface area contributed by atoms with Gasteiger partial charge in [-0.05, 0) is 30.8 Å². The van der Waals surface area contributed by atoms with Crippen LogP contribution in [-0.4, -0.2) is 15.6 Å². The second-order valence-corrected chi connectivity index (χ2v) is 7.61. The monoisotopic (exact) mass is 202 g/mol. The summed E-state index contributed by atoms with van der Waals surface area (Å²) in [5.41, 5.74) is 0.441. The van der Waals surface area contributed by atoms with Crippen molar-refractivity contribution >= 4 is 9.04 Å². The van der Waals surface area contributed by atoms with E-state index in [0.717, 1.165) is 12.5 Å². The van der Waals surface area contributed by atoms with E-state index in [0.29, 0.717) is 5.41 Å². The molecule has 0 aliphatic carbocycles. The van der Waals surface area contributed by atoms with E-state index in [1.54, 1.807) is 0 Å². The summed E-state index contributed by atoms with van der Waals surface area (Å²) in [6, 6.07) is 0. The lowest BCUT2D eigenvalue weighted by Gasteiger charge is -2.30. The van der Waals surface area contributed by atoms with Crippen LogP contribution in [0, 0.1) is 11.3 Å². The van der Waals surface area contributed by atoms with Gasteiger partial charge in [-0.1, -0.05) is 34.1 Å². The Hall–Kier alpha value is 0.177. The normalized spacial score (nSPS) is 15.0. The summed E-state index contributed by atoms with van der Waals surface area (Å²) in [5, 5.41) is 0. The molecule has 0 N–H and O–H groups in total. The predicted octanol–water partition coefficient (Wildman–Crippen LogP) is 3.45. The van der Waals surface area contributed by atoms with Crippen molar-refractivity contribution in [2.75, 3.05) is 6.61 Å². The maximum atomic E-state index is 5.71. The quantitative estimate of drug-likeness (QED) is 0.621. The molecule has 2 heteroatoms. The molecule has 0 spiro atoms. The van der Waals surface area contributed by atoms with Crippen LogP contribution in [0.25, 0.3) is 0 Å². The summed E-state index contributed by atoms with van der Waals surface area (Å²) in [6.07, 6.45) is 2.50. The standard InChI is InChI=1S/C11H26OSi/c1-7-10(11(2,3)4)8-9-12-13(5)6/h10,13H,7-9H2,1-6H3. The molecule has 13 heavy (non-hydrogen) atoms. The minimum Gasteiger partial charge on any atom is -0.421 e. The maximum Gasteiger partial charge on any atom is 0.170 e. The molecule has 0 saturated heterocycles. The lowest BCUT2D eigenvalue weighted by Crippen LogP contribution is -2.22. The first-order valence-corrected chi connectivity index (χ1v) is 8.27. The largest absolute Gasteiger partial charge is 0.421 e. The average Bonchev–Trinajstić information content (AvgIpc) is 1.95. The van der Waals surface area contributed by atoms with Crippen LogP contribution >= 0.6 is 0 Å². The highest BCUT2D eigenvalue weighted by molar-refractivity contribution is 6.48. The number of hydrogen-bond acceptors (Lipinski definition) is 1. The fraction of sp³-hybridized carbons (Fsp3) is 1.00. The van der Waals surface area contributed by atoms with Crippen LogP contribution in [0.4, 0.5) is 0 Å². The molecule has 0 aromatic heterocycles. The van der Waals surface area contributed by atoms with Gasteiger partial charge >= 0.3 is 0 Å². The first kappa shape index (κ1) is 13.2. The molecule has 1 atom stereocenters. The third-order valence-corrected chi connectivity index (χ3v) is 3.54. The van der Waals surface area contributed by atoms with Gasteiger partial charge in [0, 0.05) is 6.61 Å². The van der Waals surface area contributed by atoms with E-state index in [2.05, 4.69) is 40.8 Å². The van der Waals surface area contributed by atoms with Crippen LogP contribution < -0.4 is 0 Å². The third-order valence-electron chi connectivity index (χ3n) is 2.64. The van der Waals surface area contributed by atoms with Crippen LogP contribution in [0.3, 0.4) is 0 Å². The number of rotatable bonds is 5. The molecule has 0 amide bonds. The van der Waals surface area contributed by atoms with Gasteiger partial charge in [-0.25, -0.2) is 0 Å². The van der Waals surface area contributed by atoms with Crippen molar-refractivity contribution < 1.29 is 4.43 Å². The summed E-state index contributed by atoms with van der Waals surface area (Å²) in [7, 11) is -0.794. The molecule has 0 bridgehead atoms. The second kappa shape index (κ2) is 5.81. The minimum atomic E-state index is -0.794. The maximum absolute atomic E-state index is 5.71. The first-order valence-electron chi connectivity index (χ1n) is 5.49. The Labute approximate surface area is 85.6 Å². The Kier molecular flexibility index (Phi) is 5.89. The van der Waals surface area contributed by atoms with Crippen molar-refractivity contribution in [3.8, 4) is 0 Å². The van der Waals surface area contributed by atoms with Crippen molar-refractivity contribution in [3.05, 3.63) is 0 Å². The molecule has 0 aliphatic rings. The Morgan fingerprint density at radius 3 is 2.08 bits per heavy atom. The van der Waals surface area contributed by atoms with Gasteiger partial charge in [0.1, 0.15) is 0 Å². The fourth-order valence-corrected chi connectivity index (χ4v) is 2.30. The minimum absolute atomic E-state index is 0.441. The van der Waals surface area contributed by atoms with Gasteiger partial charge in [-0.3, -0.25) is 0 Å². The zero-order valence-corrected chi connectivity index (χ0v) is 11.3. The fourth-order valence-electron chi connectivity index (χ4n) is 1.70. The van der Waals surface area contributed by atoms with E-state index in [-0.39, 0.29) is 0 Å². The summed E-state index contributed by atoms with van der Waals surface area (Å²) in [6.45, 7) is 14.7. The van der Waals surface area contributed by atoms with Crippen molar-refractivity contribution in [1.82, 2.24) is 0 Å². The van der Waals surface area contributed by atoms with Crippen molar-refractivity contribution in [3.63, 3.8) is 0 Å². The molecule has 0 aliphatic heterocycles. The molecular formula is C11H26OSi. The van der Waals surface area contributed by atoms with Crippen LogP contribution in [0.15, 0.2) is 0 Å². The molecule has 0 saturated carbocycles. The topological polar surface area (TPSA) is 9.23 Å². The highest BCUT2D eigenvalue weighted by Crippen LogP contribution is 2.31. The van der Waals surface area contributed by atoms with E-state index >= 15 is 0 Å². The van der Waals surface area contributed by atoms with Gasteiger partial charge in [0.2, 0.25) is 0 Å². The summed E-state index contributed by atoms with van der Waals surface area (Å²) < 4.78 is 5.71. The summed E-state index contributed by atoms with van der Waals surface area (Å²) >= 11 is 0.